The molecule has 0 fully saturated rings. The topological polar surface area (TPSA) is 243 Å². The summed E-state index contributed by atoms with van der Waals surface area (Å²) in [7, 11) is 0. The number of nitrogens with zero attached hydrogens (tertiary/aromatic N) is 12. The van der Waals surface area contributed by atoms with Gasteiger partial charge in [-0.2, -0.15) is 9.97 Å². The van der Waals surface area contributed by atoms with Crippen molar-refractivity contribution in [1.82, 2.24) is 61.1 Å². The fourth-order valence-corrected chi connectivity index (χ4v) is 7.00. The summed E-state index contributed by atoms with van der Waals surface area (Å²) in [4.78, 5) is 8.58. The quantitative estimate of drug-likeness (QED) is 0.136. The zero-order chi connectivity index (χ0) is 72.2. The average molecular weight is 1310 g/mol. The SMILES string of the molecule is CC(C)(C)Nc1nnc(C(C)(C)C)o1.CC(C)(C)Nc1nnc(C(C)(C)C)s1.CC(C)(C)c1nnc(C(C)(C)C)o1.CC(C)(C)c1noc(C(C)(C)C)n1.CC(C)c1nc(NC(C)(C)C)no1.CC(C)c1nnc(C(C)(C)C)s1.CC=CC.CC=CC.CC=CC. The third-order valence-corrected chi connectivity index (χ3v) is 13.5. The fraction of sp³-hybridized carbons (Fsp3) is 0.743. The van der Waals surface area contributed by atoms with Gasteiger partial charge >= 0.3 is 6.01 Å². The summed E-state index contributed by atoms with van der Waals surface area (Å²) in [5, 5.41) is 54.3. The lowest BCUT2D eigenvalue weighted by molar-refractivity contribution is 0.314. The Balaban J connectivity index is -0.000000985. The molecule has 6 aromatic rings. The van der Waals surface area contributed by atoms with Gasteiger partial charge in [0.15, 0.2) is 5.82 Å². The van der Waals surface area contributed by atoms with E-state index in [0.29, 0.717) is 47.3 Å². The van der Waals surface area contributed by atoms with Crippen molar-refractivity contribution >= 4 is 39.8 Å². The van der Waals surface area contributed by atoms with Crippen LogP contribution in [0.1, 0.15) is 339 Å². The summed E-state index contributed by atoms with van der Waals surface area (Å²) in [5.74, 6) is 5.57. The van der Waals surface area contributed by atoms with Gasteiger partial charge in [0.2, 0.25) is 34.6 Å². The van der Waals surface area contributed by atoms with E-state index < -0.39 is 0 Å². The number of hydrogen-bond donors (Lipinski definition) is 3. The summed E-state index contributed by atoms with van der Waals surface area (Å²) in [5.41, 5.74) is -0.101. The molecule has 21 heteroatoms. The van der Waals surface area contributed by atoms with Crippen LogP contribution >= 0.6 is 22.7 Å². The van der Waals surface area contributed by atoms with Gasteiger partial charge in [0, 0.05) is 66.4 Å². The van der Waals surface area contributed by atoms with Crippen LogP contribution in [0.2, 0.25) is 0 Å². The van der Waals surface area contributed by atoms with Crippen molar-refractivity contribution in [3.8, 4) is 0 Å². The first kappa shape index (κ1) is 89.5. The molecule has 0 unspecified atom stereocenters. The van der Waals surface area contributed by atoms with Crippen LogP contribution in [0.15, 0.2) is 54.3 Å². The van der Waals surface area contributed by atoms with Gasteiger partial charge in [0.25, 0.3) is 5.95 Å². The molecule has 3 N–H and O–H groups in total. The van der Waals surface area contributed by atoms with E-state index in [0.717, 1.165) is 26.0 Å². The van der Waals surface area contributed by atoms with E-state index in [1.165, 1.54) is 0 Å². The predicted molar refractivity (Wildman–Crippen MR) is 388 cm³/mol. The molecule has 0 aromatic carbocycles. The third-order valence-electron chi connectivity index (χ3n) is 10.5. The second kappa shape index (κ2) is 38.5. The molecule has 0 radical (unpaired) electrons. The molecule has 6 heterocycles. The van der Waals surface area contributed by atoms with Crippen LogP contribution < -0.4 is 16.0 Å². The highest BCUT2D eigenvalue weighted by Crippen LogP contribution is 2.31. The molecular formula is C70H131N15O4S2. The van der Waals surface area contributed by atoms with Gasteiger partial charge in [-0.15, -0.1) is 47.0 Å². The fourth-order valence-electron chi connectivity index (χ4n) is 5.08. The van der Waals surface area contributed by atoms with Crippen molar-refractivity contribution in [2.24, 2.45) is 0 Å². The maximum absolute atomic E-state index is 5.59. The molecule has 0 saturated heterocycles. The summed E-state index contributed by atoms with van der Waals surface area (Å²) in [6, 6.07) is 0.488. The second-order valence-corrected chi connectivity index (χ2v) is 34.7. The van der Waals surface area contributed by atoms with Gasteiger partial charge in [-0.3, -0.25) is 0 Å². The molecule has 0 aliphatic rings. The van der Waals surface area contributed by atoms with Crippen LogP contribution in [-0.2, 0) is 37.9 Å². The molecule has 6 aromatic heterocycles. The van der Waals surface area contributed by atoms with Crippen LogP contribution in [0.4, 0.5) is 17.1 Å². The van der Waals surface area contributed by atoms with Crippen LogP contribution in [0, 0.1) is 0 Å². The van der Waals surface area contributed by atoms with Crippen LogP contribution in [0.25, 0.3) is 0 Å². The number of rotatable bonds is 5. The second-order valence-electron chi connectivity index (χ2n) is 32.7. The van der Waals surface area contributed by atoms with Gasteiger partial charge in [0.1, 0.15) is 15.0 Å². The van der Waals surface area contributed by atoms with Crippen LogP contribution in [-0.4, -0.2) is 77.7 Å². The molecule has 0 amide bonds. The molecule has 522 valence electrons. The largest absolute Gasteiger partial charge is 0.424 e. The minimum Gasteiger partial charge on any atom is -0.424 e. The lowest BCUT2D eigenvalue weighted by atomic mass is 9.94. The molecular weight excluding hydrogens is 1180 g/mol. The predicted octanol–water partition coefficient (Wildman–Crippen LogP) is 21.1. The highest BCUT2D eigenvalue weighted by Gasteiger charge is 2.29. The maximum Gasteiger partial charge on any atom is 0.315 e. The minimum absolute atomic E-state index is 0.0296. The Morgan fingerprint density at radius 2 is 0.714 bits per heavy atom. The van der Waals surface area contributed by atoms with Crippen molar-refractivity contribution in [3.05, 3.63) is 86.8 Å². The Bertz CT molecular complexity index is 2710. The zero-order valence-electron chi connectivity index (χ0n) is 64.9. The molecule has 91 heavy (non-hydrogen) atoms. The lowest BCUT2D eigenvalue weighted by Gasteiger charge is -2.19. The molecule has 0 aliphatic heterocycles. The van der Waals surface area contributed by atoms with Crippen molar-refractivity contribution in [2.75, 3.05) is 16.0 Å². The highest BCUT2D eigenvalue weighted by molar-refractivity contribution is 7.15. The van der Waals surface area contributed by atoms with E-state index >= 15 is 0 Å². The van der Waals surface area contributed by atoms with Crippen LogP contribution in [0.3, 0.4) is 0 Å². The molecule has 0 spiro atoms. The van der Waals surface area contributed by atoms with E-state index in [2.05, 4.69) is 257 Å². The summed E-state index contributed by atoms with van der Waals surface area (Å²) < 4.78 is 21.3. The Hall–Kier alpha value is -5.70. The van der Waals surface area contributed by atoms with E-state index in [1.54, 1.807) is 22.7 Å². The monoisotopic (exact) mass is 1310 g/mol. The van der Waals surface area contributed by atoms with Gasteiger partial charge in [-0.05, 0) is 109 Å². The maximum atomic E-state index is 5.59. The van der Waals surface area contributed by atoms with Crippen molar-refractivity contribution in [1.29, 1.82) is 0 Å². The highest BCUT2D eigenvalue weighted by atomic mass is 32.1. The van der Waals surface area contributed by atoms with Crippen LogP contribution in [0.5, 0.6) is 0 Å². The minimum atomic E-state index is -0.0924. The van der Waals surface area contributed by atoms with Gasteiger partial charge in [-0.1, -0.05) is 231 Å². The lowest BCUT2D eigenvalue weighted by Crippen LogP contribution is -2.26. The Morgan fingerprint density at radius 1 is 0.341 bits per heavy atom. The smallest absolute Gasteiger partial charge is 0.315 e. The number of nitrogens with one attached hydrogen (secondary N) is 3. The number of allylic oxidation sites excluding steroid dienone is 6. The Kier molecular flexibility index (Phi) is 37.8. The zero-order valence-corrected chi connectivity index (χ0v) is 66.6. The van der Waals surface area contributed by atoms with Gasteiger partial charge < -0.3 is 33.8 Å². The van der Waals surface area contributed by atoms with Gasteiger partial charge in [0.05, 0.1) is 0 Å². The van der Waals surface area contributed by atoms with E-state index in [4.69, 9.17) is 17.9 Å². The first-order chi connectivity index (χ1) is 40.8. The Labute approximate surface area is 561 Å². The molecule has 0 bridgehead atoms. The average Bonchev–Trinajstić information content (AvgIpc) is 1.94. The third kappa shape index (κ3) is 42.2. The first-order valence-electron chi connectivity index (χ1n) is 31.9. The van der Waals surface area contributed by atoms with Crippen molar-refractivity contribution in [2.45, 2.75) is 343 Å². The Morgan fingerprint density at radius 3 is 0.967 bits per heavy atom. The summed E-state index contributed by atoms with van der Waals surface area (Å²) in [6.07, 6.45) is 12.0. The number of hydrogen-bond acceptors (Lipinski definition) is 21. The number of aromatic nitrogens is 12. The molecule has 0 saturated carbocycles. The molecule has 0 aliphatic carbocycles. The normalized spacial score (nSPS) is 12.5. The summed E-state index contributed by atoms with van der Waals surface area (Å²) in [6.45, 7) is 82.8. The number of anilines is 3. The van der Waals surface area contributed by atoms with Gasteiger partial charge in [-0.25, -0.2) is 0 Å². The first-order valence-corrected chi connectivity index (χ1v) is 33.6. The van der Waals surface area contributed by atoms with E-state index in [1.807, 2.05) is 133 Å². The van der Waals surface area contributed by atoms with Crippen molar-refractivity contribution < 1.29 is 17.9 Å². The molecule has 0 atom stereocenters. The van der Waals surface area contributed by atoms with Crippen molar-refractivity contribution in [3.63, 3.8) is 0 Å². The summed E-state index contributed by atoms with van der Waals surface area (Å²) >= 11 is 3.36. The standard InChI is InChI=1S/C10H19N3O.C10H19N3S.2C10H18N2O.C9H17N3O.C9H16N2S.3C4H8/c2*1-9(2,3)7-12-13-8(14-7)11-10(4,5)6;1-9(2,3)7-11-12-8(13-7)10(4,5)6;1-9(2,3)7-11-8(13-12-7)10(4,5)6;1-6(2)7-10-8(12-13-7)11-9(3,4)5;1-6(2)7-10-11-8(12-7)9(3,4)5;3*1-3-4-2/h2*1-6H3,(H,11,13);2*1-6H3;6H,1-5H3,(H,11,12);6H,1-5H3;3*3-4H,1-2H3. The molecule has 6 rings (SSSR count). The molecule has 19 nitrogen and oxygen atoms in total. The van der Waals surface area contributed by atoms with E-state index in [9.17, 15) is 0 Å². The van der Waals surface area contributed by atoms with E-state index in [-0.39, 0.29) is 60.4 Å².